The molecule has 0 fully saturated rings. The lowest BCUT2D eigenvalue weighted by Gasteiger charge is -2.06. The molecule has 0 bridgehead atoms. The standard InChI is InChI=1S/C24H20N2O7S/c1-2-32-24(29)18-14-20(17-9-4-3-5-10-17)34-23(18)25-21(27)15-33-22(28)13-12-16-8-6-7-11-19(16)26(30)31/h3-14H,2,15H2,1H3,(H,25,27). The molecule has 0 aliphatic heterocycles. The number of carbonyl (C=O) groups excluding carboxylic acids is 3. The van der Waals surface area contributed by atoms with Crippen molar-refractivity contribution in [2.45, 2.75) is 6.92 Å². The largest absolute Gasteiger partial charge is 0.462 e. The molecule has 0 atom stereocenters. The molecule has 0 spiro atoms. The molecular weight excluding hydrogens is 460 g/mol. The van der Waals surface area contributed by atoms with Gasteiger partial charge in [-0.05, 0) is 30.7 Å². The van der Waals surface area contributed by atoms with Crippen LogP contribution in [0.4, 0.5) is 10.7 Å². The van der Waals surface area contributed by atoms with Crippen LogP contribution in [0.1, 0.15) is 22.8 Å². The summed E-state index contributed by atoms with van der Waals surface area (Å²) in [6, 6.07) is 16.8. The van der Waals surface area contributed by atoms with E-state index in [1.165, 1.54) is 35.6 Å². The predicted molar refractivity (Wildman–Crippen MR) is 127 cm³/mol. The third kappa shape index (κ3) is 6.36. The number of hydrogen-bond acceptors (Lipinski definition) is 8. The van der Waals surface area contributed by atoms with Crippen LogP contribution in [0.5, 0.6) is 0 Å². The smallest absolute Gasteiger partial charge is 0.341 e. The highest BCUT2D eigenvalue weighted by atomic mass is 32.1. The maximum atomic E-state index is 12.4. The summed E-state index contributed by atoms with van der Waals surface area (Å²) in [5, 5.41) is 13.9. The van der Waals surface area contributed by atoms with Gasteiger partial charge < -0.3 is 14.8 Å². The second kappa shape index (κ2) is 11.5. The number of anilines is 1. The number of esters is 2. The van der Waals surface area contributed by atoms with E-state index in [2.05, 4.69) is 5.32 Å². The summed E-state index contributed by atoms with van der Waals surface area (Å²) in [5.74, 6) is -2.09. The van der Waals surface area contributed by atoms with Gasteiger partial charge in [0.1, 0.15) is 5.00 Å². The van der Waals surface area contributed by atoms with Gasteiger partial charge in [0.25, 0.3) is 11.6 Å². The number of thiophene rings is 1. The molecule has 0 saturated heterocycles. The molecule has 0 saturated carbocycles. The second-order valence-corrected chi connectivity index (χ2v) is 7.80. The molecular formula is C24H20N2O7S. The van der Waals surface area contributed by atoms with Gasteiger partial charge in [-0.25, -0.2) is 9.59 Å². The van der Waals surface area contributed by atoms with Crippen LogP contribution in [0, 0.1) is 10.1 Å². The van der Waals surface area contributed by atoms with Gasteiger partial charge in [-0.1, -0.05) is 42.5 Å². The van der Waals surface area contributed by atoms with E-state index in [0.29, 0.717) is 0 Å². The van der Waals surface area contributed by atoms with E-state index in [9.17, 15) is 24.5 Å². The van der Waals surface area contributed by atoms with Crippen molar-refractivity contribution < 1.29 is 28.8 Å². The van der Waals surface area contributed by atoms with E-state index in [4.69, 9.17) is 9.47 Å². The number of hydrogen-bond donors (Lipinski definition) is 1. The van der Waals surface area contributed by atoms with Crippen molar-refractivity contribution >= 4 is 45.9 Å². The molecule has 1 amide bonds. The summed E-state index contributed by atoms with van der Waals surface area (Å²) < 4.78 is 9.99. The normalized spacial score (nSPS) is 10.6. The maximum absolute atomic E-state index is 12.4. The first-order chi connectivity index (χ1) is 16.4. The summed E-state index contributed by atoms with van der Waals surface area (Å²) >= 11 is 1.19. The minimum absolute atomic E-state index is 0.164. The second-order valence-electron chi connectivity index (χ2n) is 6.75. The average Bonchev–Trinajstić information content (AvgIpc) is 3.26. The Labute approximate surface area is 198 Å². The lowest BCUT2D eigenvalue weighted by atomic mass is 10.1. The van der Waals surface area contributed by atoms with E-state index in [1.54, 1.807) is 19.1 Å². The van der Waals surface area contributed by atoms with Gasteiger partial charge in [0.15, 0.2) is 6.61 Å². The van der Waals surface area contributed by atoms with Crippen molar-refractivity contribution in [2.24, 2.45) is 0 Å². The molecule has 2 aromatic carbocycles. The van der Waals surface area contributed by atoms with Gasteiger partial charge in [-0.3, -0.25) is 14.9 Å². The zero-order valence-electron chi connectivity index (χ0n) is 18.1. The number of nitrogens with one attached hydrogen (secondary N) is 1. The number of amides is 1. The van der Waals surface area contributed by atoms with Gasteiger partial charge in [0, 0.05) is 17.0 Å². The third-order valence-electron chi connectivity index (χ3n) is 4.42. The molecule has 9 nitrogen and oxygen atoms in total. The minimum Gasteiger partial charge on any atom is -0.462 e. The lowest BCUT2D eigenvalue weighted by Crippen LogP contribution is -2.21. The zero-order chi connectivity index (χ0) is 24.5. The van der Waals surface area contributed by atoms with Crippen LogP contribution in [0.3, 0.4) is 0 Å². The van der Waals surface area contributed by atoms with Crippen molar-refractivity contribution in [3.8, 4) is 10.4 Å². The van der Waals surface area contributed by atoms with Crippen LogP contribution in [-0.2, 0) is 19.1 Å². The van der Waals surface area contributed by atoms with Crippen LogP contribution in [0.25, 0.3) is 16.5 Å². The number of benzene rings is 2. The van der Waals surface area contributed by atoms with Crippen LogP contribution < -0.4 is 5.32 Å². The first-order valence-electron chi connectivity index (χ1n) is 10.1. The number of nitro benzene ring substituents is 1. The summed E-state index contributed by atoms with van der Waals surface area (Å²) in [6.45, 7) is 1.24. The van der Waals surface area contributed by atoms with Crippen molar-refractivity contribution in [3.63, 3.8) is 0 Å². The van der Waals surface area contributed by atoms with E-state index < -0.39 is 29.4 Å². The summed E-state index contributed by atoms with van der Waals surface area (Å²) in [7, 11) is 0. The Morgan fingerprint density at radius 3 is 2.47 bits per heavy atom. The van der Waals surface area contributed by atoms with Gasteiger partial charge in [0.05, 0.1) is 22.7 Å². The molecule has 0 radical (unpaired) electrons. The number of rotatable bonds is 9. The van der Waals surface area contributed by atoms with Crippen molar-refractivity contribution in [1.29, 1.82) is 0 Å². The molecule has 174 valence electrons. The maximum Gasteiger partial charge on any atom is 0.341 e. The quantitative estimate of drug-likeness (QED) is 0.204. The van der Waals surface area contributed by atoms with Crippen LogP contribution in [-0.4, -0.2) is 36.0 Å². The number of ether oxygens (including phenoxy) is 2. The fourth-order valence-corrected chi connectivity index (χ4v) is 3.96. The Morgan fingerprint density at radius 1 is 1.06 bits per heavy atom. The summed E-state index contributed by atoms with van der Waals surface area (Å²) in [5.41, 5.74) is 1.12. The molecule has 34 heavy (non-hydrogen) atoms. The SMILES string of the molecule is CCOC(=O)c1cc(-c2ccccc2)sc1NC(=O)COC(=O)C=Cc1ccccc1[N+](=O)[O-]. The number of nitro groups is 1. The summed E-state index contributed by atoms with van der Waals surface area (Å²) in [4.78, 5) is 47.9. The molecule has 0 aliphatic rings. The zero-order valence-corrected chi connectivity index (χ0v) is 18.9. The van der Waals surface area contributed by atoms with Crippen LogP contribution >= 0.6 is 11.3 Å². The summed E-state index contributed by atoms with van der Waals surface area (Å²) in [6.07, 6.45) is 2.24. The molecule has 0 aliphatic carbocycles. The fraction of sp³-hybridized carbons (Fsp3) is 0.125. The Hall–Kier alpha value is -4.31. The fourth-order valence-electron chi connectivity index (χ4n) is 2.89. The highest BCUT2D eigenvalue weighted by Crippen LogP contribution is 2.36. The predicted octanol–water partition coefficient (Wildman–Crippen LogP) is 4.70. The Bertz CT molecular complexity index is 1240. The highest BCUT2D eigenvalue weighted by molar-refractivity contribution is 7.20. The first-order valence-corrected chi connectivity index (χ1v) is 10.9. The van der Waals surface area contributed by atoms with E-state index in [0.717, 1.165) is 16.5 Å². The molecule has 3 aromatic rings. The number of nitrogens with zero attached hydrogens (tertiary/aromatic N) is 1. The van der Waals surface area contributed by atoms with Gasteiger partial charge in [-0.2, -0.15) is 0 Å². The van der Waals surface area contributed by atoms with Crippen molar-refractivity contribution in [1.82, 2.24) is 0 Å². The molecule has 1 heterocycles. The molecule has 1 aromatic heterocycles. The van der Waals surface area contributed by atoms with Crippen molar-refractivity contribution in [2.75, 3.05) is 18.5 Å². The Kier molecular flexibility index (Phi) is 8.25. The number of para-hydroxylation sites is 1. The van der Waals surface area contributed by atoms with E-state index in [-0.39, 0.29) is 28.4 Å². The molecule has 3 rings (SSSR count). The average molecular weight is 480 g/mol. The van der Waals surface area contributed by atoms with E-state index >= 15 is 0 Å². The third-order valence-corrected chi connectivity index (χ3v) is 5.52. The first kappa shape index (κ1) is 24.3. The van der Waals surface area contributed by atoms with E-state index in [1.807, 2.05) is 30.3 Å². The van der Waals surface area contributed by atoms with Gasteiger partial charge in [-0.15, -0.1) is 11.3 Å². The lowest BCUT2D eigenvalue weighted by molar-refractivity contribution is -0.385. The van der Waals surface area contributed by atoms with Crippen LogP contribution in [0.2, 0.25) is 0 Å². The van der Waals surface area contributed by atoms with Crippen LogP contribution in [0.15, 0.2) is 66.7 Å². The Morgan fingerprint density at radius 2 is 1.76 bits per heavy atom. The minimum atomic E-state index is -0.852. The molecule has 10 heteroatoms. The topological polar surface area (TPSA) is 125 Å². The monoisotopic (exact) mass is 480 g/mol. The van der Waals surface area contributed by atoms with Crippen molar-refractivity contribution in [3.05, 3.63) is 88.0 Å². The van der Waals surface area contributed by atoms with Gasteiger partial charge >= 0.3 is 11.9 Å². The Balaban J connectivity index is 1.66. The van der Waals surface area contributed by atoms with Gasteiger partial charge in [0.2, 0.25) is 0 Å². The molecule has 1 N–H and O–H groups in total. The molecule has 0 unspecified atom stereocenters. The number of carbonyl (C=O) groups is 3. The highest BCUT2D eigenvalue weighted by Gasteiger charge is 2.20.